The maximum atomic E-state index is 10.5. The van der Waals surface area contributed by atoms with Crippen LogP contribution in [0.4, 0.5) is 0 Å². The molecule has 4 heteroatoms. The van der Waals surface area contributed by atoms with Crippen LogP contribution >= 0.6 is 11.3 Å². The molecular weight excluding hydrogens is 260 g/mol. The Morgan fingerprint density at radius 2 is 2.42 bits per heavy atom. The van der Waals surface area contributed by atoms with Crippen LogP contribution in [0.3, 0.4) is 0 Å². The zero-order valence-corrected chi connectivity index (χ0v) is 12.0. The lowest BCUT2D eigenvalue weighted by Gasteiger charge is -2.26. The van der Waals surface area contributed by atoms with Crippen LogP contribution in [-0.2, 0) is 16.1 Å². The molecule has 0 aromatic carbocycles. The van der Waals surface area contributed by atoms with E-state index in [2.05, 4.69) is 6.92 Å². The van der Waals surface area contributed by atoms with Crippen LogP contribution in [-0.4, -0.2) is 17.2 Å². The Morgan fingerprint density at radius 3 is 3.16 bits per heavy atom. The summed E-state index contributed by atoms with van der Waals surface area (Å²) >= 11 is 1.62. The van der Waals surface area contributed by atoms with Gasteiger partial charge in [-0.15, -0.1) is 11.3 Å². The topological polar surface area (TPSA) is 46.5 Å². The SMILES string of the molecule is CC1CCCC(OCc2sccc2C=CC(=O)O)C1. The van der Waals surface area contributed by atoms with Gasteiger partial charge in [-0.25, -0.2) is 4.79 Å². The first-order valence-corrected chi connectivity index (χ1v) is 7.62. The van der Waals surface area contributed by atoms with Crippen LogP contribution in [0.25, 0.3) is 6.08 Å². The third-order valence-electron chi connectivity index (χ3n) is 3.52. The lowest BCUT2D eigenvalue weighted by atomic mass is 9.89. The smallest absolute Gasteiger partial charge is 0.328 e. The number of hydrogen-bond acceptors (Lipinski definition) is 3. The Balaban J connectivity index is 1.89. The standard InChI is InChI=1S/C15H20O3S/c1-11-3-2-4-13(9-11)18-10-14-12(7-8-19-14)5-6-15(16)17/h5-8,11,13H,2-4,9-10H2,1H3,(H,16,17). The minimum atomic E-state index is -0.917. The van der Waals surface area contributed by atoms with Gasteiger partial charge in [0.25, 0.3) is 0 Å². The first-order chi connectivity index (χ1) is 9.15. The predicted octanol–water partition coefficient (Wildman–Crippen LogP) is 3.94. The third-order valence-corrected chi connectivity index (χ3v) is 4.43. The Hall–Kier alpha value is -1.13. The van der Waals surface area contributed by atoms with Crippen LogP contribution in [0.15, 0.2) is 17.5 Å². The van der Waals surface area contributed by atoms with Gasteiger partial charge in [0.2, 0.25) is 0 Å². The van der Waals surface area contributed by atoms with Crippen LogP contribution in [0.1, 0.15) is 43.0 Å². The van der Waals surface area contributed by atoms with E-state index in [0.717, 1.165) is 29.2 Å². The molecule has 104 valence electrons. The number of rotatable bonds is 5. The maximum Gasteiger partial charge on any atom is 0.328 e. The molecule has 3 nitrogen and oxygen atoms in total. The van der Waals surface area contributed by atoms with Crippen molar-refractivity contribution in [2.75, 3.05) is 0 Å². The lowest BCUT2D eigenvalue weighted by molar-refractivity contribution is -0.131. The summed E-state index contributed by atoms with van der Waals surface area (Å²) < 4.78 is 5.97. The summed E-state index contributed by atoms with van der Waals surface area (Å²) in [5.74, 6) is -0.160. The Kier molecular flexibility index (Phi) is 5.16. The van der Waals surface area contributed by atoms with Crippen molar-refractivity contribution >= 4 is 23.4 Å². The molecule has 2 atom stereocenters. The number of thiophene rings is 1. The first kappa shape index (κ1) is 14.3. The minimum Gasteiger partial charge on any atom is -0.478 e. The van der Waals surface area contributed by atoms with Gasteiger partial charge >= 0.3 is 5.97 Å². The van der Waals surface area contributed by atoms with Crippen LogP contribution < -0.4 is 0 Å². The summed E-state index contributed by atoms with van der Waals surface area (Å²) in [5.41, 5.74) is 0.955. The first-order valence-electron chi connectivity index (χ1n) is 6.74. The van der Waals surface area contributed by atoms with Crippen molar-refractivity contribution in [2.24, 2.45) is 5.92 Å². The summed E-state index contributed by atoms with van der Waals surface area (Å²) in [6.07, 6.45) is 8.03. The van der Waals surface area contributed by atoms with Gasteiger partial charge < -0.3 is 9.84 Å². The summed E-state index contributed by atoms with van der Waals surface area (Å²) in [5, 5.41) is 10.6. The van der Waals surface area contributed by atoms with Gasteiger partial charge in [-0.2, -0.15) is 0 Å². The third kappa shape index (κ3) is 4.48. The molecule has 1 aliphatic carbocycles. The molecule has 1 N–H and O–H groups in total. The second-order valence-corrected chi connectivity index (χ2v) is 6.18. The average Bonchev–Trinajstić information content (AvgIpc) is 2.81. The largest absolute Gasteiger partial charge is 0.478 e. The molecule has 0 bridgehead atoms. The molecule has 0 spiro atoms. The number of ether oxygens (including phenoxy) is 1. The highest BCUT2D eigenvalue weighted by Crippen LogP contribution is 2.27. The van der Waals surface area contributed by atoms with Gasteiger partial charge in [-0.1, -0.05) is 19.8 Å². The molecule has 1 aromatic rings. The number of carbonyl (C=O) groups is 1. The predicted molar refractivity (Wildman–Crippen MR) is 77.2 cm³/mol. The second-order valence-electron chi connectivity index (χ2n) is 5.18. The summed E-state index contributed by atoms with van der Waals surface area (Å²) in [6.45, 7) is 2.87. The zero-order chi connectivity index (χ0) is 13.7. The van der Waals surface area contributed by atoms with E-state index in [-0.39, 0.29) is 0 Å². The summed E-state index contributed by atoms with van der Waals surface area (Å²) in [6, 6.07) is 1.94. The van der Waals surface area contributed by atoms with Crippen LogP contribution in [0.5, 0.6) is 0 Å². The molecule has 1 aromatic heterocycles. The second kappa shape index (κ2) is 6.87. The fraction of sp³-hybridized carbons (Fsp3) is 0.533. The molecule has 19 heavy (non-hydrogen) atoms. The van der Waals surface area contributed by atoms with E-state index >= 15 is 0 Å². The van der Waals surface area contributed by atoms with Gasteiger partial charge in [0.05, 0.1) is 12.7 Å². The zero-order valence-electron chi connectivity index (χ0n) is 11.2. The van der Waals surface area contributed by atoms with Gasteiger partial charge in [-0.05, 0) is 41.8 Å². The molecule has 0 aliphatic heterocycles. The van der Waals surface area contributed by atoms with Crippen molar-refractivity contribution in [3.05, 3.63) is 28.0 Å². The van der Waals surface area contributed by atoms with Gasteiger partial charge in [0.15, 0.2) is 0 Å². The quantitative estimate of drug-likeness (QED) is 0.831. The maximum absolute atomic E-state index is 10.5. The molecule has 0 amide bonds. The number of carboxylic acid groups (broad SMARTS) is 1. The average molecular weight is 280 g/mol. The van der Waals surface area contributed by atoms with Crippen LogP contribution in [0, 0.1) is 5.92 Å². The fourth-order valence-electron chi connectivity index (χ4n) is 2.50. The van der Waals surface area contributed by atoms with Crippen molar-refractivity contribution in [1.82, 2.24) is 0 Å². The molecule has 1 aliphatic rings. The summed E-state index contributed by atoms with van der Waals surface area (Å²) in [4.78, 5) is 11.6. The monoisotopic (exact) mass is 280 g/mol. The lowest BCUT2D eigenvalue weighted by Crippen LogP contribution is -2.21. The van der Waals surface area contributed by atoms with Crippen molar-refractivity contribution in [2.45, 2.75) is 45.3 Å². The minimum absolute atomic E-state index is 0.363. The number of aliphatic carboxylic acids is 1. The highest BCUT2D eigenvalue weighted by Gasteiger charge is 2.19. The van der Waals surface area contributed by atoms with Crippen LogP contribution in [0.2, 0.25) is 0 Å². The van der Waals surface area contributed by atoms with Crippen molar-refractivity contribution in [3.8, 4) is 0 Å². The summed E-state index contributed by atoms with van der Waals surface area (Å²) in [7, 11) is 0. The Labute approximate surface area is 117 Å². The van der Waals surface area contributed by atoms with E-state index in [1.807, 2.05) is 11.4 Å². The normalized spacial score (nSPS) is 23.8. The molecule has 1 saturated carbocycles. The molecule has 1 heterocycles. The Bertz CT molecular complexity index is 450. The molecule has 2 rings (SSSR count). The van der Waals surface area contributed by atoms with Gasteiger partial charge in [-0.3, -0.25) is 0 Å². The molecule has 2 unspecified atom stereocenters. The highest BCUT2D eigenvalue weighted by atomic mass is 32.1. The highest BCUT2D eigenvalue weighted by molar-refractivity contribution is 7.10. The number of hydrogen-bond donors (Lipinski definition) is 1. The molecule has 0 radical (unpaired) electrons. The van der Waals surface area contributed by atoms with E-state index in [0.29, 0.717) is 12.7 Å². The molecular formula is C15H20O3S. The van der Waals surface area contributed by atoms with E-state index in [1.165, 1.54) is 18.9 Å². The van der Waals surface area contributed by atoms with Gasteiger partial charge in [0, 0.05) is 11.0 Å². The Morgan fingerprint density at radius 1 is 1.58 bits per heavy atom. The van der Waals surface area contributed by atoms with Crippen molar-refractivity contribution in [1.29, 1.82) is 0 Å². The van der Waals surface area contributed by atoms with Gasteiger partial charge in [0.1, 0.15) is 0 Å². The molecule has 0 saturated heterocycles. The van der Waals surface area contributed by atoms with E-state index in [1.54, 1.807) is 17.4 Å². The van der Waals surface area contributed by atoms with E-state index in [4.69, 9.17) is 9.84 Å². The van der Waals surface area contributed by atoms with Crippen molar-refractivity contribution < 1.29 is 14.6 Å². The fourth-order valence-corrected chi connectivity index (χ4v) is 3.29. The van der Waals surface area contributed by atoms with E-state index in [9.17, 15) is 4.79 Å². The number of carboxylic acids is 1. The van der Waals surface area contributed by atoms with E-state index < -0.39 is 5.97 Å². The van der Waals surface area contributed by atoms with Crippen molar-refractivity contribution in [3.63, 3.8) is 0 Å². The molecule has 1 fully saturated rings.